The van der Waals surface area contributed by atoms with Gasteiger partial charge in [-0.05, 0) is 65.8 Å². The van der Waals surface area contributed by atoms with Crippen LogP contribution in [0.3, 0.4) is 0 Å². The summed E-state index contributed by atoms with van der Waals surface area (Å²) in [7, 11) is 0. The average Bonchev–Trinajstić information content (AvgIpc) is 2.97. The highest BCUT2D eigenvalue weighted by atomic mass is 19.1. The maximum atomic E-state index is 12.4. The van der Waals surface area contributed by atoms with Crippen molar-refractivity contribution in [1.29, 1.82) is 0 Å². The molecule has 11 heteroatoms. The number of nitrogens with one attached hydrogen (secondary N) is 1. The molecule has 0 radical (unpaired) electrons. The van der Waals surface area contributed by atoms with Crippen LogP contribution in [0.4, 0.5) is 19.7 Å². The van der Waals surface area contributed by atoms with Gasteiger partial charge in [-0.1, -0.05) is 24.3 Å². The summed E-state index contributed by atoms with van der Waals surface area (Å²) < 4.78 is 23.0. The monoisotopic (exact) mass is 600 g/mol. The van der Waals surface area contributed by atoms with Crippen LogP contribution in [0.1, 0.15) is 62.3 Å². The zero-order valence-electron chi connectivity index (χ0n) is 26.1. The van der Waals surface area contributed by atoms with E-state index in [1.54, 1.807) is 21.9 Å². The molecule has 4 rings (SSSR count). The normalized spacial score (nSPS) is 15.2. The first-order valence-corrected chi connectivity index (χ1v) is 14.4. The number of halogens is 1. The molecule has 2 fully saturated rings. The molecule has 0 bridgehead atoms. The zero-order valence-corrected chi connectivity index (χ0v) is 26.1. The standard InChI is InChI=1S/C16H22N2O3.C9H18N2O2.C7H5FO/c1-16(2,3)21-15(20)18-10-8-17(9-11-18)14-7-5-4-6-13(14)12-19;1-9(2,3)13-8(12)11-6-4-10-5-7-11;8-7-4-2-1-3-6(7)5-9/h4-7,12H,8-11H2,1-3H3;10H,4-7H2,1-3H3;1-5H. The molecule has 2 aliphatic rings. The van der Waals surface area contributed by atoms with Gasteiger partial charge in [0.1, 0.15) is 17.0 Å². The number of aldehydes is 2. The molecule has 0 aromatic heterocycles. The van der Waals surface area contributed by atoms with Gasteiger partial charge in [-0.25, -0.2) is 14.0 Å². The number of anilines is 1. The van der Waals surface area contributed by atoms with Crippen LogP contribution in [-0.2, 0) is 9.47 Å². The number of carbonyl (C=O) groups excluding carboxylic acids is 4. The van der Waals surface area contributed by atoms with Crippen LogP contribution >= 0.6 is 0 Å². The fourth-order valence-electron chi connectivity index (χ4n) is 4.08. The molecule has 0 aliphatic carbocycles. The molecule has 0 unspecified atom stereocenters. The van der Waals surface area contributed by atoms with Crippen molar-refractivity contribution < 1.29 is 33.0 Å². The average molecular weight is 601 g/mol. The fraction of sp³-hybridized carbons (Fsp3) is 0.500. The summed E-state index contributed by atoms with van der Waals surface area (Å²) >= 11 is 0. The van der Waals surface area contributed by atoms with E-state index in [1.807, 2.05) is 65.8 Å². The van der Waals surface area contributed by atoms with E-state index < -0.39 is 11.4 Å². The lowest BCUT2D eigenvalue weighted by molar-refractivity contribution is 0.0223. The molecule has 1 N–H and O–H groups in total. The van der Waals surface area contributed by atoms with E-state index >= 15 is 0 Å². The smallest absolute Gasteiger partial charge is 0.410 e. The lowest BCUT2D eigenvalue weighted by atomic mass is 10.1. The van der Waals surface area contributed by atoms with Gasteiger partial charge < -0.3 is 29.5 Å². The Hall–Kier alpha value is -3.99. The maximum absolute atomic E-state index is 12.4. The Morgan fingerprint density at radius 1 is 0.698 bits per heavy atom. The second-order valence-corrected chi connectivity index (χ2v) is 12.0. The van der Waals surface area contributed by atoms with Crippen molar-refractivity contribution in [1.82, 2.24) is 15.1 Å². The van der Waals surface area contributed by atoms with Crippen molar-refractivity contribution in [3.05, 3.63) is 65.5 Å². The molecule has 0 saturated carbocycles. The molecule has 2 saturated heterocycles. The predicted octanol–water partition coefficient (Wildman–Crippen LogP) is 5.02. The Kier molecular flexibility index (Phi) is 13.6. The SMILES string of the molecule is CC(C)(C)OC(=O)N1CCN(c2ccccc2C=O)CC1.CC(C)(C)OC(=O)N1CCNCC1.O=Cc1ccccc1F. The Morgan fingerprint density at radius 2 is 1.14 bits per heavy atom. The molecule has 2 amide bonds. The number of hydrogen-bond donors (Lipinski definition) is 1. The number of amides is 2. The summed E-state index contributed by atoms with van der Waals surface area (Å²) in [6.45, 7) is 17.0. The van der Waals surface area contributed by atoms with E-state index in [2.05, 4.69) is 10.2 Å². The summed E-state index contributed by atoms with van der Waals surface area (Å²) in [4.78, 5) is 50.2. The van der Waals surface area contributed by atoms with Crippen molar-refractivity contribution in [2.45, 2.75) is 52.7 Å². The second kappa shape index (κ2) is 16.6. The van der Waals surface area contributed by atoms with Gasteiger partial charge >= 0.3 is 12.2 Å². The van der Waals surface area contributed by atoms with Gasteiger partial charge in [-0.15, -0.1) is 0 Å². The summed E-state index contributed by atoms with van der Waals surface area (Å²) in [6, 6.07) is 13.4. The van der Waals surface area contributed by atoms with Gasteiger partial charge in [-0.2, -0.15) is 0 Å². The van der Waals surface area contributed by atoms with Crippen LogP contribution in [0.2, 0.25) is 0 Å². The van der Waals surface area contributed by atoms with E-state index in [4.69, 9.17) is 9.47 Å². The summed E-state index contributed by atoms with van der Waals surface area (Å²) in [5, 5.41) is 3.18. The molecule has 2 heterocycles. The predicted molar refractivity (Wildman–Crippen MR) is 164 cm³/mol. The van der Waals surface area contributed by atoms with E-state index in [0.717, 1.165) is 38.2 Å². The van der Waals surface area contributed by atoms with Gasteiger partial charge in [-0.3, -0.25) is 9.59 Å². The third-order valence-corrected chi connectivity index (χ3v) is 6.14. The number of rotatable bonds is 3. The van der Waals surface area contributed by atoms with Crippen molar-refractivity contribution in [2.24, 2.45) is 0 Å². The molecule has 236 valence electrons. The van der Waals surface area contributed by atoms with Crippen molar-refractivity contribution in [2.75, 3.05) is 57.3 Å². The highest BCUT2D eigenvalue weighted by Crippen LogP contribution is 2.21. The Labute approximate surface area is 254 Å². The Balaban J connectivity index is 0.000000249. The summed E-state index contributed by atoms with van der Waals surface area (Å²) in [5.74, 6) is -0.465. The van der Waals surface area contributed by atoms with Gasteiger partial charge in [0.25, 0.3) is 0 Å². The number of nitrogens with zero attached hydrogens (tertiary/aromatic N) is 3. The van der Waals surface area contributed by atoms with Crippen LogP contribution in [-0.4, -0.2) is 98.1 Å². The Morgan fingerprint density at radius 3 is 1.58 bits per heavy atom. The van der Waals surface area contributed by atoms with Crippen LogP contribution in [0, 0.1) is 5.82 Å². The van der Waals surface area contributed by atoms with Crippen LogP contribution in [0.15, 0.2) is 48.5 Å². The summed E-state index contributed by atoms with van der Waals surface area (Å²) in [6.07, 6.45) is 0.894. The molecule has 0 atom stereocenters. The number of piperazine rings is 2. The highest BCUT2D eigenvalue weighted by molar-refractivity contribution is 5.84. The third kappa shape index (κ3) is 12.8. The van der Waals surface area contributed by atoms with E-state index in [0.29, 0.717) is 38.0 Å². The molecular formula is C32H45FN4O6. The van der Waals surface area contributed by atoms with Crippen molar-refractivity contribution >= 4 is 30.4 Å². The first-order valence-electron chi connectivity index (χ1n) is 14.4. The molecule has 10 nitrogen and oxygen atoms in total. The minimum Gasteiger partial charge on any atom is -0.444 e. The van der Waals surface area contributed by atoms with E-state index in [1.165, 1.54) is 12.1 Å². The number of ether oxygens (including phenoxy) is 2. The quantitative estimate of drug-likeness (QED) is 0.490. The van der Waals surface area contributed by atoms with Gasteiger partial charge in [0.05, 0.1) is 5.56 Å². The lowest BCUT2D eigenvalue weighted by Crippen LogP contribution is -2.50. The van der Waals surface area contributed by atoms with Crippen molar-refractivity contribution in [3.63, 3.8) is 0 Å². The highest BCUT2D eigenvalue weighted by Gasteiger charge is 2.26. The largest absolute Gasteiger partial charge is 0.444 e. The zero-order chi connectivity index (χ0) is 32.0. The molecule has 0 spiro atoms. The number of hydrogen-bond acceptors (Lipinski definition) is 8. The van der Waals surface area contributed by atoms with Gasteiger partial charge in [0, 0.05) is 63.6 Å². The van der Waals surface area contributed by atoms with Crippen molar-refractivity contribution in [3.8, 4) is 0 Å². The molecule has 2 aromatic rings. The topological polar surface area (TPSA) is 108 Å². The van der Waals surface area contributed by atoms with Crippen LogP contribution in [0.5, 0.6) is 0 Å². The fourth-order valence-corrected chi connectivity index (χ4v) is 4.08. The first kappa shape index (κ1) is 35.2. The first-order chi connectivity index (χ1) is 20.2. The summed E-state index contributed by atoms with van der Waals surface area (Å²) in [5.41, 5.74) is 0.859. The minimum atomic E-state index is -0.474. The van der Waals surface area contributed by atoms with E-state index in [-0.39, 0.29) is 23.4 Å². The maximum Gasteiger partial charge on any atom is 0.410 e. The second-order valence-electron chi connectivity index (χ2n) is 12.0. The molecule has 43 heavy (non-hydrogen) atoms. The van der Waals surface area contributed by atoms with Crippen LogP contribution in [0.25, 0.3) is 0 Å². The van der Waals surface area contributed by atoms with Gasteiger partial charge in [0.2, 0.25) is 0 Å². The number of benzene rings is 2. The molecular weight excluding hydrogens is 555 g/mol. The molecule has 2 aliphatic heterocycles. The lowest BCUT2D eigenvalue weighted by Gasteiger charge is -2.37. The van der Waals surface area contributed by atoms with E-state index in [9.17, 15) is 23.6 Å². The minimum absolute atomic E-state index is 0.109. The van der Waals surface area contributed by atoms with Gasteiger partial charge in [0.15, 0.2) is 12.6 Å². The van der Waals surface area contributed by atoms with Crippen LogP contribution < -0.4 is 10.2 Å². The number of para-hydroxylation sites is 1. The molecule has 2 aromatic carbocycles. The number of carbonyl (C=O) groups is 4. The Bertz CT molecular complexity index is 1200. The third-order valence-electron chi connectivity index (χ3n) is 6.14.